The Labute approximate surface area is 154 Å². The van der Waals surface area contributed by atoms with Crippen molar-refractivity contribution in [2.24, 2.45) is 0 Å². The van der Waals surface area contributed by atoms with Crippen molar-refractivity contribution in [3.05, 3.63) is 35.9 Å². The van der Waals surface area contributed by atoms with Crippen LogP contribution in [0.4, 0.5) is 0 Å². The summed E-state index contributed by atoms with van der Waals surface area (Å²) in [5, 5.41) is 1.84. The van der Waals surface area contributed by atoms with Crippen LogP contribution in [-0.2, 0) is 25.7 Å². The third kappa shape index (κ3) is 2.55. The molecule has 4 rings (SSSR count). The molecule has 1 aromatic rings. The summed E-state index contributed by atoms with van der Waals surface area (Å²) in [5.41, 5.74) is -0.428. The van der Waals surface area contributed by atoms with Crippen LogP contribution in [0.3, 0.4) is 0 Å². The zero-order valence-corrected chi connectivity index (χ0v) is 15.4. The van der Waals surface area contributed by atoms with Gasteiger partial charge in [0.15, 0.2) is 5.60 Å². The van der Waals surface area contributed by atoms with Crippen molar-refractivity contribution in [1.82, 2.24) is 9.96 Å². The van der Waals surface area contributed by atoms with Gasteiger partial charge in [-0.25, -0.2) is 4.79 Å². The van der Waals surface area contributed by atoms with Crippen LogP contribution in [0.5, 0.6) is 0 Å². The lowest BCUT2D eigenvalue weighted by Crippen LogP contribution is -2.56. The van der Waals surface area contributed by atoms with Gasteiger partial charge >= 0.3 is 5.97 Å². The zero-order chi connectivity index (χ0) is 18.4. The molecule has 0 radical (unpaired) electrons. The molecule has 0 bridgehead atoms. The molecule has 0 N–H and O–H groups in total. The van der Waals surface area contributed by atoms with Gasteiger partial charge in [-0.3, -0.25) is 9.63 Å². The Balaban J connectivity index is 1.67. The van der Waals surface area contributed by atoms with Gasteiger partial charge in [0.25, 0.3) is 0 Å². The van der Waals surface area contributed by atoms with E-state index in [1.165, 1.54) is 13.5 Å². The van der Waals surface area contributed by atoms with E-state index in [0.717, 1.165) is 31.2 Å². The number of fused-ring (bicyclic) bond motifs is 2. The van der Waals surface area contributed by atoms with Crippen LogP contribution >= 0.6 is 0 Å². The third-order valence-corrected chi connectivity index (χ3v) is 6.08. The SMILES string of the molecule is COC(=O)[C@@]1(C)C[C@@H]2C(=O)N(Cc3ccccc3)C3(CCCCC3)N2O1. The standard InChI is InChI=1S/C20H26N2O4/c1-19(18(24)25-2)13-16-17(23)21(14-15-9-5-3-6-10-15)20(22(16)26-19)11-7-4-8-12-20/h3,5-6,9-10,16H,4,7-8,11-14H2,1-2H3/t16-,19-/m1/s1. The lowest BCUT2D eigenvalue weighted by molar-refractivity contribution is -0.268. The van der Waals surface area contributed by atoms with Crippen molar-refractivity contribution in [3.8, 4) is 0 Å². The molecule has 0 unspecified atom stereocenters. The molecule has 0 aromatic heterocycles. The number of methoxy groups -OCH3 is 1. The number of benzene rings is 1. The number of hydroxylamine groups is 2. The monoisotopic (exact) mass is 358 g/mol. The van der Waals surface area contributed by atoms with Crippen molar-refractivity contribution in [1.29, 1.82) is 0 Å². The summed E-state index contributed by atoms with van der Waals surface area (Å²) in [6.07, 6.45) is 5.37. The van der Waals surface area contributed by atoms with Gasteiger partial charge in [-0.2, -0.15) is 0 Å². The second kappa shape index (κ2) is 6.35. The summed E-state index contributed by atoms with van der Waals surface area (Å²) in [5.74, 6) is -0.358. The highest BCUT2D eigenvalue weighted by Gasteiger charge is 2.65. The quantitative estimate of drug-likeness (QED) is 0.778. The molecule has 1 spiro atoms. The number of carbonyl (C=O) groups excluding carboxylic acids is 2. The molecule has 3 aliphatic rings. The molecule has 6 nitrogen and oxygen atoms in total. The maximum absolute atomic E-state index is 13.3. The van der Waals surface area contributed by atoms with E-state index in [0.29, 0.717) is 13.0 Å². The first kappa shape index (κ1) is 17.5. The van der Waals surface area contributed by atoms with Gasteiger partial charge in [0.05, 0.1) is 7.11 Å². The lowest BCUT2D eigenvalue weighted by Gasteiger charge is -2.45. The minimum absolute atomic E-state index is 0.0587. The van der Waals surface area contributed by atoms with Crippen LogP contribution < -0.4 is 0 Å². The minimum atomic E-state index is -1.08. The maximum Gasteiger partial charge on any atom is 0.340 e. The van der Waals surface area contributed by atoms with E-state index in [1.54, 1.807) is 6.92 Å². The minimum Gasteiger partial charge on any atom is -0.467 e. The van der Waals surface area contributed by atoms with Gasteiger partial charge < -0.3 is 9.64 Å². The topological polar surface area (TPSA) is 59.1 Å². The molecule has 3 fully saturated rings. The number of hydrogen-bond donors (Lipinski definition) is 0. The highest BCUT2D eigenvalue weighted by atomic mass is 16.7. The molecule has 26 heavy (non-hydrogen) atoms. The summed E-state index contributed by atoms with van der Waals surface area (Å²) in [6.45, 7) is 2.30. The fraction of sp³-hybridized carbons (Fsp3) is 0.600. The van der Waals surface area contributed by atoms with E-state index in [1.807, 2.05) is 40.3 Å². The molecule has 1 aromatic carbocycles. The Morgan fingerprint density at radius 1 is 1.23 bits per heavy atom. The second-order valence-electron chi connectivity index (χ2n) is 7.81. The van der Waals surface area contributed by atoms with Gasteiger partial charge in [0.1, 0.15) is 11.7 Å². The summed E-state index contributed by atoms with van der Waals surface area (Å²) >= 11 is 0. The zero-order valence-electron chi connectivity index (χ0n) is 15.4. The summed E-state index contributed by atoms with van der Waals surface area (Å²) in [6, 6.07) is 9.65. The molecule has 2 aliphatic heterocycles. The molecule has 1 amide bonds. The Kier molecular flexibility index (Phi) is 4.28. The van der Waals surface area contributed by atoms with Crippen LogP contribution in [0.1, 0.15) is 51.0 Å². The summed E-state index contributed by atoms with van der Waals surface area (Å²) in [4.78, 5) is 33.7. The summed E-state index contributed by atoms with van der Waals surface area (Å²) < 4.78 is 4.92. The van der Waals surface area contributed by atoms with Crippen LogP contribution in [0.2, 0.25) is 0 Å². The first-order valence-corrected chi connectivity index (χ1v) is 9.42. The average Bonchev–Trinajstić information content (AvgIpc) is 3.13. The number of amides is 1. The fourth-order valence-electron chi connectivity index (χ4n) is 4.77. The highest BCUT2D eigenvalue weighted by Crippen LogP contribution is 2.50. The normalized spacial score (nSPS) is 30.6. The van der Waals surface area contributed by atoms with Crippen molar-refractivity contribution in [3.63, 3.8) is 0 Å². The highest BCUT2D eigenvalue weighted by molar-refractivity contribution is 5.88. The molecule has 2 saturated heterocycles. The molecule has 2 atom stereocenters. The number of nitrogens with zero attached hydrogens (tertiary/aromatic N) is 2. The van der Waals surface area contributed by atoms with E-state index >= 15 is 0 Å². The van der Waals surface area contributed by atoms with Gasteiger partial charge in [-0.05, 0) is 38.2 Å². The molecular weight excluding hydrogens is 332 g/mol. The van der Waals surface area contributed by atoms with E-state index in [4.69, 9.17) is 9.57 Å². The van der Waals surface area contributed by atoms with Crippen molar-refractivity contribution >= 4 is 11.9 Å². The predicted octanol–water partition coefficient (Wildman–Crippen LogP) is 2.63. The fourth-order valence-corrected chi connectivity index (χ4v) is 4.77. The Bertz CT molecular complexity index is 701. The van der Waals surface area contributed by atoms with Crippen molar-refractivity contribution in [2.45, 2.75) is 69.3 Å². The Morgan fingerprint density at radius 3 is 2.58 bits per heavy atom. The van der Waals surface area contributed by atoms with E-state index in [2.05, 4.69) is 0 Å². The Hall–Kier alpha value is -1.92. The average molecular weight is 358 g/mol. The number of rotatable bonds is 3. The van der Waals surface area contributed by atoms with Gasteiger partial charge in [0.2, 0.25) is 5.91 Å². The Morgan fingerprint density at radius 2 is 1.92 bits per heavy atom. The predicted molar refractivity (Wildman–Crippen MR) is 94.6 cm³/mol. The second-order valence-corrected chi connectivity index (χ2v) is 7.81. The third-order valence-electron chi connectivity index (χ3n) is 6.08. The van der Waals surface area contributed by atoms with Crippen LogP contribution in [0, 0.1) is 0 Å². The van der Waals surface area contributed by atoms with E-state index in [9.17, 15) is 9.59 Å². The number of ether oxygens (including phenoxy) is 1. The van der Waals surface area contributed by atoms with Crippen molar-refractivity contribution in [2.75, 3.05) is 7.11 Å². The first-order valence-electron chi connectivity index (χ1n) is 9.42. The van der Waals surface area contributed by atoms with Crippen molar-refractivity contribution < 1.29 is 19.2 Å². The van der Waals surface area contributed by atoms with Crippen LogP contribution in [-0.4, -0.2) is 46.3 Å². The van der Waals surface area contributed by atoms with Crippen LogP contribution in [0.25, 0.3) is 0 Å². The number of carbonyl (C=O) groups is 2. The molecule has 1 saturated carbocycles. The molecule has 6 heteroatoms. The van der Waals surface area contributed by atoms with Gasteiger partial charge in [-0.15, -0.1) is 5.06 Å². The number of hydrogen-bond acceptors (Lipinski definition) is 5. The largest absolute Gasteiger partial charge is 0.467 e. The smallest absolute Gasteiger partial charge is 0.340 e. The maximum atomic E-state index is 13.3. The lowest BCUT2D eigenvalue weighted by atomic mass is 9.88. The van der Waals surface area contributed by atoms with Gasteiger partial charge in [-0.1, -0.05) is 36.8 Å². The molecule has 2 heterocycles. The van der Waals surface area contributed by atoms with E-state index < -0.39 is 23.3 Å². The molecule has 1 aliphatic carbocycles. The molecular formula is C20H26N2O4. The summed E-state index contributed by atoms with van der Waals surface area (Å²) in [7, 11) is 1.36. The van der Waals surface area contributed by atoms with E-state index in [-0.39, 0.29) is 5.91 Å². The van der Waals surface area contributed by atoms with Crippen LogP contribution in [0.15, 0.2) is 30.3 Å². The van der Waals surface area contributed by atoms with Gasteiger partial charge in [0, 0.05) is 13.0 Å². The number of esters is 1. The molecule has 140 valence electrons. The first-order chi connectivity index (χ1) is 12.5.